The van der Waals surface area contributed by atoms with Crippen molar-refractivity contribution in [2.75, 3.05) is 32.7 Å². The molecule has 0 spiro atoms. The maximum Gasteiger partial charge on any atom is 0.239 e. The van der Waals surface area contributed by atoms with Gasteiger partial charge in [0.1, 0.15) is 11.2 Å². The summed E-state index contributed by atoms with van der Waals surface area (Å²) in [5, 5.41) is 5.70. The van der Waals surface area contributed by atoms with Crippen LogP contribution in [-0.4, -0.2) is 39.2 Å². The van der Waals surface area contributed by atoms with Crippen LogP contribution in [-0.2, 0) is 14.3 Å². The third-order valence-corrected chi connectivity index (χ3v) is 3.43. The van der Waals surface area contributed by atoms with Crippen LogP contribution in [0.3, 0.4) is 0 Å². The summed E-state index contributed by atoms with van der Waals surface area (Å²) in [6, 6.07) is 4.86. The van der Waals surface area contributed by atoms with E-state index in [2.05, 4.69) is 10.6 Å². The van der Waals surface area contributed by atoms with E-state index < -0.39 is 11.3 Å². The van der Waals surface area contributed by atoms with Crippen molar-refractivity contribution in [2.24, 2.45) is 5.41 Å². The van der Waals surface area contributed by atoms with Crippen molar-refractivity contribution in [3.63, 3.8) is 0 Å². The van der Waals surface area contributed by atoms with Gasteiger partial charge in [0.25, 0.3) is 0 Å². The second-order valence-corrected chi connectivity index (χ2v) is 5.58. The molecule has 2 N–H and O–H groups in total. The molecule has 22 heavy (non-hydrogen) atoms. The number of hydrogen-bond acceptors (Lipinski definition) is 4. The van der Waals surface area contributed by atoms with Crippen LogP contribution in [0.5, 0.6) is 5.75 Å². The van der Waals surface area contributed by atoms with Crippen molar-refractivity contribution >= 4 is 29.1 Å². The Labute approximate surface area is 135 Å². The molecular formula is C15H21ClN2O4. The zero-order valence-corrected chi connectivity index (χ0v) is 13.9. The predicted molar refractivity (Wildman–Crippen MR) is 85.3 cm³/mol. The van der Waals surface area contributed by atoms with Crippen molar-refractivity contribution in [3.8, 4) is 5.75 Å². The Hall–Kier alpha value is -1.79. The highest BCUT2D eigenvalue weighted by Gasteiger charge is 2.35. The van der Waals surface area contributed by atoms with E-state index in [1.807, 2.05) is 0 Å². The van der Waals surface area contributed by atoms with Crippen LogP contribution in [0.25, 0.3) is 0 Å². The third kappa shape index (κ3) is 4.61. The predicted octanol–water partition coefficient (Wildman–Crippen LogP) is 2.08. The molecule has 0 bridgehead atoms. The zero-order chi connectivity index (χ0) is 16.8. The van der Waals surface area contributed by atoms with Crippen molar-refractivity contribution in [3.05, 3.63) is 23.2 Å². The number of nitrogens with one attached hydrogen (secondary N) is 2. The van der Waals surface area contributed by atoms with Gasteiger partial charge in [0.05, 0.1) is 18.7 Å². The molecule has 0 saturated carbocycles. The average molecular weight is 329 g/mol. The van der Waals surface area contributed by atoms with E-state index in [9.17, 15) is 9.59 Å². The van der Waals surface area contributed by atoms with Gasteiger partial charge in [-0.05, 0) is 32.0 Å². The third-order valence-electron chi connectivity index (χ3n) is 3.14. The summed E-state index contributed by atoms with van der Waals surface area (Å²) in [5.41, 5.74) is -0.728. The van der Waals surface area contributed by atoms with Crippen LogP contribution in [0.2, 0.25) is 5.02 Å². The molecular weight excluding hydrogens is 308 g/mol. The minimum atomic E-state index is -1.22. The Morgan fingerprint density at radius 1 is 1.23 bits per heavy atom. The van der Waals surface area contributed by atoms with E-state index in [1.165, 1.54) is 14.2 Å². The molecule has 0 aromatic heterocycles. The SMILES string of the molecule is COCCNC(=O)C(C)(C)C(=O)Nc1ccc(OC)c(Cl)c1. The first-order chi connectivity index (χ1) is 10.3. The Balaban J connectivity index is 2.73. The van der Waals surface area contributed by atoms with Gasteiger partial charge in [0.15, 0.2) is 0 Å². The van der Waals surface area contributed by atoms with Crippen molar-refractivity contribution in [1.29, 1.82) is 0 Å². The summed E-state index contributed by atoms with van der Waals surface area (Å²) >= 11 is 6.00. The molecule has 0 unspecified atom stereocenters. The number of hydrogen-bond donors (Lipinski definition) is 2. The molecule has 0 fully saturated rings. The van der Waals surface area contributed by atoms with E-state index in [4.69, 9.17) is 21.1 Å². The lowest BCUT2D eigenvalue weighted by molar-refractivity contribution is -0.138. The molecule has 1 aromatic carbocycles. The topological polar surface area (TPSA) is 76.7 Å². The maximum atomic E-state index is 12.3. The molecule has 0 radical (unpaired) electrons. The minimum Gasteiger partial charge on any atom is -0.495 e. The van der Waals surface area contributed by atoms with E-state index >= 15 is 0 Å². The fraction of sp³-hybridized carbons (Fsp3) is 0.467. The van der Waals surface area contributed by atoms with Gasteiger partial charge in [0.2, 0.25) is 11.8 Å². The van der Waals surface area contributed by atoms with Crippen LogP contribution in [0.4, 0.5) is 5.69 Å². The molecule has 7 heteroatoms. The van der Waals surface area contributed by atoms with E-state index in [0.29, 0.717) is 29.6 Å². The van der Waals surface area contributed by atoms with Crippen LogP contribution in [0, 0.1) is 5.41 Å². The average Bonchev–Trinajstić information content (AvgIpc) is 2.47. The van der Waals surface area contributed by atoms with Gasteiger partial charge in [-0.25, -0.2) is 0 Å². The first-order valence-electron chi connectivity index (χ1n) is 6.75. The highest BCUT2D eigenvalue weighted by atomic mass is 35.5. The fourth-order valence-corrected chi connectivity index (χ4v) is 1.88. The number of methoxy groups -OCH3 is 2. The fourth-order valence-electron chi connectivity index (χ4n) is 1.62. The number of benzene rings is 1. The number of amides is 2. The molecule has 1 rings (SSSR count). The molecule has 122 valence electrons. The number of ether oxygens (including phenoxy) is 2. The van der Waals surface area contributed by atoms with E-state index in [0.717, 1.165) is 0 Å². The Kier molecular flexibility index (Phi) is 6.64. The number of rotatable bonds is 7. The quantitative estimate of drug-likeness (QED) is 0.593. The highest BCUT2D eigenvalue weighted by Crippen LogP contribution is 2.28. The summed E-state index contributed by atoms with van der Waals surface area (Å²) in [5.74, 6) is -0.290. The lowest BCUT2D eigenvalue weighted by Crippen LogP contribution is -2.45. The second-order valence-electron chi connectivity index (χ2n) is 5.18. The summed E-state index contributed by atoms with van der Waals surface area (Å²) < 4.78 is 9.90. The molecule has 1 aromatic rings. The minimum absolute atomic E-state index is 0.348. The van der Waals surface area contributed by atoms with Gasteiger partial charge < -0.3 is 20.1 Å². The normalized spacial score (nSPS) is 11.0. The van der Waals surface area contributed by atoms with Gasteiger partial charge in [-0.15, -0.1) is 0 Å². The number of halogens is 1. The van der Waals surface area contributed by atoms with Crippen LogP contribution < -0.4 is 15.4 Å². The Bertz CT molecular complexity index is 546. The van der Waals surface area contributed by atoms with Crippen molar-refractivity contribution < 1.29 is 19.1 Å². The zero-order valence-electron chi connectivity index (χ0n) is 13.2. The summed E-state index contributed by atoms with van der Waals surface area (Å²) in [6.45, 7) is 3.84. The molecule has 0 aliphatic heterocycles. The molecule has 2 amide bonds. The first kappa shape index (κ1) is 18.3. The van der Waals surface area contributed by atoms with Gasteiger partial charge in [-0.3, -0.25) is 9.59 Å². The van der Waals surface area contributed by atoms with Gasteiger partial charge >= 0.3 is 0 Å². The second kappa shape index (κ2) is 8.00. The van der Waals surface area contributed by atoms with Crippen molar-refractivity contribution in [2.45, 2.75) is 13.8 Å². The van der Waals surface area contributed by atoms with Crippen LogP contribution in [0.1, 0.15) is 13.8 Å². The number of carbonyl (C=O) groups excluding carboxylic acids is 2. The molecule has 0 aliphatic carbocycles. The maximum absolute atomic E-state index is 12.3. The van der Waals surface area contributed by atoms with Crippen LogP contribution in [0.15, 0.2) is 18.2 Å². The largest absolute Gasteiger partial charge is 0.495 e. The molecule has 6 nitrogen and oxygen atoms in total. The summed E-state index contributed by atoms with van der Waals surface area (Å²) in [4.78, 5) is 24.4. The lowest BCUT2D eigenvalue weighted by atomic mass is 9.91. The first-order valence-corrected chi connectivity index (χ1v) is 7.13. The lowest BCUT2D eigenvalue weighted by Gasteiger charge is -2.22. The smallest absolute Gasteiger partial charge is 0.239 e. The van der Waals surface area contributed by atoms with Gasteiger partial charge in [-0.2, -0.15) is 0 Å². The standard InChI is InChI=1S/C15H21ClN2O4/c1-15(2,13(19)17-7-8-21-3)14(20)18-10-5-6-12(22-4)11(16)9-10/h5-6,9H,7-8H2,1-4H3,(H,17,19)(H,18,20). The Morgan fingerprint density at radius 3 is 2.45 bits per heavy atom. The molecule has 0 heterocycles. The molecule has 0 atom stereocenters. The van der Waals surface area contributed by atoms with E-state index in [1.54, 1.807) is 32.0 Å². The number of carbonyl (C=O) groups is 2. The molecule has 0 saturated heterocycles. The summed E-state index contributed by atoms with van der Waals surface area (Å²) in [6.07, 6.45) is 0. The summed E-state index contributed by atoms with van der Waals surface area (Å²) in [7, 11) is 3.05. The van der Waals surface area contributed by atoms with Crippen LogP contribution >= 0.6 is 11.6 Å². The Morgan fingerprint density at radius 2 is 1.91 bits per heavy atom. The highest BCUT2D eigenvalue weighted by molar-refractivity contribution is 6.32. The molecule has 0 aliphatic rings. The monoisotopic (exact) mass is 328 g/mol. The number of anilines is 1. The van der Waals surface area contributed by atoms with E-state index in [-0.39, 0.29) is 5.91 Å². The van der Waals surface area contributed by atoms with Gasteiger partial charge in [0, 0.05) is 19.3 Å². The van der Waals surface area contributed by atoms with Gasteiger partial charge in [-0.1, -0.05) is 11.6 Å². The van der Waals surface area contributed by atoms with Crippen molar-refractivity contribution in [1.82, 2.24) is 5.32 Å².